The van der Waals surface area contributed by atoms with Crippen LogP contribution in [0.1, 0.15) is 66.8 Å². The number of rotatable bonds is 2. The number of hydrogen-bond donors (Lipinski definition) is 0. The molecule has 160 valence electrons. The minimum Gasteiger partial charge on any atom is -0.256 e. The lowest BCUT2D eigenvalue weighted by Gasteiger charge is -2.19. The molecule has 1 heteroatoms. The highest BCUT2D eigenvalue weighted by molar-refractivity contribution is 5.99. The van der Waals surface area contributed by atoms with E-state index in [1.165, 1.54) is 74.5 Å². The SMILES string of the molecule is Cc1cc2c(c(-c3nccc4c(C)cc(C5CCC(C)(C)C5)cc34)c1)Cc1ccccc1-2. The maximum atomic E-state index is 5.00. The van der Waals surface area contributed by atoms with Gasteiger partial charge in [0.05, 0.1) is 5.69 Å². The third-order valence-corrected chi connectivity index (χ3v) is 7.87. The van der Waals surface area contributed by atoms with Crippen LogP contribution in [0, 0.1) is 19.3 Å². The lowest BCUT2D eigenvalue weighted by atomic mass is 9.86. The summed E-state index contributed by atoms with van der Waals surface area (Å²) in [7, 11) is 0. The largest absolute Gasteiger partial charge is 0.256 e. The van der Waals surface area contributed by atoms with Crippen molar-refractivity contribution in [1.29, 1.82) is 0 Å². The van der Waals surface area contributed by atoms with Crippen molar-refractivity contribution in [2.75, 3.05) is 0 Å². The third-order valence-electron chi connectivity index (χ3n) is 7.87. The van der Waals surface area contributed by atoms with Crippen LogP contribution in [0.2, 0.25) is 0 Å². The Labute approximate surface area is 191 Å². The molecule has 1 fully saturated rings. The summed E-state index contributed by atoms with van der Waals surface area (Å²) in [6.07, 6.45) is 6.89. The topological polar surface area (TPSA) is 12.9 Å². The molecule has 1 unspecified atom stereocenters. The van der Waals surface area contributed by atoms with E-state index in [-0.39, 0.29) is 0 Å². The first-order valence-corrected chi connectivity index (χ1v) is 12.0. The molecule has 4 aromatic rings. The molecule has 2 aliphatic carbocycles. The Bertz CT molecular complexity index is 1380. The number of aryl methyl sites for hydroxylation is 2. The van der Waals surface area contributed by atoms with Crippen LogP contribution in [0.5, 0.6) is 0 Å². The zero-order chi connectivity index (χ0) is 22.0. The fourth-order valence-electron chi connectivity index (χ4n) is 6.26. The molecule has 6 rings (SSSR count). The average Bonchev–Trinajstić information content (AvgIpc) is 3.32. The van der Waals surface area contributed by atoms with E-state index < -0.39 is 0 Å². The highest BCUT2D eigenvalue weighted by atomic mass is 14.7. The summed E-state index contributed by atoms with van der Waals surface area (Å²) < 4.78 is 0. The van der Waals surface area contributed by atoms with Crippen molar-refractivity contribution >= 4 is 10.8 Å². The van der Waals surface area contributed by atoms with Gasteiger partial charge in [-0.15, -0.1) is 0 Å². The quantitative estimate of drug-likeness (QED) is 0.281. The number of nitrogens with zero attached hydrogens (tertiary/aromatic N) is 1. The first kappa shape index (κ1) is 19.7. The molecule has 1 saturated carbocycles. The molecule has 0 amide bonds. The van der Waals surface area contributed by atoms with Crippen LogP contribution < -0.4 is 0 Å². The van der Waals surface area contributed by atoms with Gasteiger partial charge in [-0.3, -0.25) is 4.98 Å². The zero-order valence-electron chi connectivity index (χ0n) is 19.6. The lowest BCUT2D eigenvalue weighted by Crippen LogP contribution is -2.05. The molecule has 1 atom stereocenters. The third kappa shape index (κ3) is 3.10. The van der Waals surface area contributed by atoms with E-state index in [1.54, 1.807) is 0 Å². The Morgan fingerprint density at radius 3 is 2.50 bits per heavy atom. The standard InChI is InChI=1S/C31H31N/c1-19-13-26-25-8-6-5-7-21(25)16-27(26)28(14-19)30-29-17-23(22-9-11-31(3,4)18-22)15-20(2)24(29)10-12-32-30/h5-8,10,12-15,17,22H,9,11,16,18H2,1-4H3. The van der Waals surface area contributed by atoms with Crippen LogP contribution in [0.4, 0.5) is 0 Å². The Morgan fingerprint density at radius 1 is 0.875 bits per heavy atom. The van der Waals surface area contributed by atoms with Crippen LogP contribution in [0.25, 0.3) is 33.2 Å². The molecule has 1 aromatic heterocycles. The fourth-order valence-corrected chi connectivity index (χ4v) is 6.26. The van der Waals surface area contributed by atoms with Gasteiger partial charge in [0.2, 0.25) is 0 Å². The number of hydrogen-bond acceptors (Lipinski definition) is 1. The molecular weight excluding hydrogens is 386 g/mol. The van der Waals surface area contributed by atoms with Crippen molar-refractivity contribution in [3.8, 4) is 22.4 Å². The van der Waals surface area contributed by atoms with E-state index in [2.05, 4.69) is 82.3 Å². The molecule has 0 aliphatic heterocycles. The van der Waals surface area contributed by atoms with Gasteiger partial charge in [0, 0.05) is 17.1 Å². The van der Waals surface area contributed by atoms with Gasteiger partial charge < -0.3 is 0 Å². The van der Waals surface area contributed by atoms with Gasteiger partial charge in [-0.25, -0.2) is 0 Å². The van der Waals surface area contributed by atoms with Crippen molar-refractivity contribution in [2.24, 2.45) is 5.41 Å². The molecule has 0 N–H and O–H groups in total. The second-order valence-electron chi connectivity index (χ2n) is 10.9. The van der Waals surface area contributed by atoms with Gasteiger partial charge in [0.25, 0.3) is 0 Å². The molecule has 0 spiro atoms. The van der Waals surface area contributed by atoms with Crippen LogP contribution in [0.15, 0.2) is 60.8 Å². The van der Waals surface area contributed by atoms with Gasteiger partial charge in [-0.1, -0.05) is 50.2 Å². The van der Waals surface area contributed by atoms with E-state index in [4.69, 9.17) is 4.98 Å². The highest BCUT2D eigenvalue weighted by Crippen LogP contribution is 2.48. The lowest BCUT2D eigenvalue weighted by molar-refractivity contribution is 0.376. The van der Waals surface area contributed by atoms with Crippen molar-refractivity contribution in [1.82, 2.24) is 4.98 Å². The maximum Gasteiger partial charge on any atom is 0.0783 e. The highest BCUT2D eigenvalue weighted by Gasteiger charge is 2.32. The summed E-state index contributed by atoms with van der Waals surface area (Å²) in [6, 6.07) is 20.7. The zero-order valence-corrected chi connectivity index (χ0v) is 19.6. The summed E-state index contributed by atoms with van der Waals surface area (Å²) in [6.45, 7) is 9.32. The molecular formula is C31H31N. The number of benzene rings is 3. The molecule has 3 aromatic carbocycles. The van der Waals surface area contributed by atoms with E-state index in [0.717, 1.165) is 12.1 Å². The average molecular weight is 418 g/mol. The van der Waals surface area contributed by atoms with Crippen LogP contribution in [-0.4, -0.2) is 4.98 Å². The predicted octanol–water partition coefficient (Wildman–Crippen LogP) is 8.38. The van der Waals surface area contributed by atoms with Gasteiger partial charge in [-0.05, 0) is 113 Å². The first-order valence-electron chi connectivity index (χ1n) is 12.0. The molecule has 2 aliphatic rings. The van der Waals surface area contributed by atoms with Crippen molar-refractivity contribution in [3.05, 3.63) is 88.6 Å². The molecule has 0 saturated heterocycles. The second kappa shape index (κ2) is 7.04. The Hall–Kier alpha value is -2.93. The van der Waals surface area contributed by atoms with Crippen LogP contribution in [-0.2, 0) is 6.42 Å². The van der Waals surface area contributed by atoms with Crippen molar-refractivity contribution in [2.45, 2.75) is 59.3 Å². The molecule has 0 bridgehead atoms. The summed E-state index contributed by atoms with van der Waals surface area (Å²) in [5.74, 6) is 0.661. The molecule has 32 heavy (non-hydrogen) atoms. The number of pyridine rings is 1. The van der Waals surface area contributed by atoms with Gasteiger partial charge in [0.15, 0.2) is 0 Å². The molecule has 1 heterocycles. The monoisotopic (exact) mass is 417 g/mol. The number of aromatic nitrogens is 1. The summed E-state index contributed by atoms with van der Waals surface area (Å²) in [4.78, 5) is 5.00. The predicted molar refractivity (Wildman–Crippen MR) is 135 cm³/mol. The van der Waals surface area contributed by atoms with E-state index in [9.17, 15) is 0 Å². The smallest absolute Gasteiger partial charge is 0.0783 e. The van der Waals surface area contributed by atoms with Gasteiger partial charge in [-0.2, -0.15) is 0 Å². The normalized spacial score (nSPS) is 18.7. The summed E-state index contributed by atoms with van der Waals surface area (Å²) in [5.41, 5.74) is 12.7. The summed E-state index contributed by atoms with van der Waals surface area (Å²) >= 11 is 0. The number of fused-ring (bicyclic) bond motifs is 4. The van der Waals surface area contributed by atoms with Gasteiger partial charge in [0.1, 0.15) is 0 Å². The molecule has 1 nitrogen and oxygen atoms in total. The van der Waals surface area contributed by atoms with Crippen molar-refractivity contribution < 1.29 is 0 Å². The summed E-state index contributed by atoms with van der Waals surface area (Å²) in [5, 5.41) is 2.65. The Kier molecular flexibility index (Phi) is 4.34. The second-order valence-corrected chi connectivity index (χ2v) is 10.9. The van der Waals surface area contributed by atoms with E-state index >= 15 is 0 Å². The fraction of sp³-hybridized carbons (Fsp3) is 0.323. The van der Waals surface area contributed by atoms with E-state index in [0.29, 0.717) is 11.3 Å². The first-order chi connectivity index (χ1) is 15.4. The Morgan fingerprint density at radius 2 is 1.69 bits per heavy atom. The van der Waals surface area contributed by atoms with Crippen LogP contribution in [0.3, 0.4) is 0 Å². The van der Waals surface area contributed by atoms with E-state index in [1.807, 2.05) is 6.20 Å². The van der Waals surface area contributed by atoms with Crippen LogP contribution >= 0.6 is 0 Å². The van der Waals surface area contributed by atoms with Crippen molar-refractivity contribution in [3.63, 3.8) is 0 Å². The van der Waals surface area contributed by atoms with Gasteiger partial charge >= 0.3 is 0 Å². The maximum absolute atomic E-state index is 5.00. The minimum absolute atomic E-state index is 0.453. The Balaban J connectivity index is 1.56. The molecule has 0 radical (unpaired) electrons. The minimum atomic E-state index is 0.453.